The maximum absolute atomic E-state index is 10.0. The van der Waals surface area contributed by atoms with Crippen molar-refractivity contribution in [1.82, 2.24) is 0 Å². The molecule has 0 aliphatic rings. The molecule has 0 atom stereocenters. The van der Waals surface area contributed by atoms with Crippen molar-refractivity contribution in [3.05, 3.63) is 27.8 Å². The van der Waals surface area contributed by atoms with Gasteiger partial charge in [0.25, 0.3) is 0 Å². The summed E-state index contributed by atoms with van der Waals surface area (Å²) in [6.45, 7) is 18.8. The Bertz CT molecular complexity index is 692. The molecule has 0 spiro atoms. The Morgan fingerprint density at radius 2 is 1.00 bits per heavy atom. The Hall–Kier alpha value is -1.49. The topological polar surface area (TPSA) is 56.8 Å². The summed E-state index contributed by atoms with van der Waals surface area (Å²) in [6, 6.07) is 4.82. The summed E-state index contributed by atoms with van der Waals surface area (Å²) in [4.78, 5) is 0.906. The van der Waals surface area contributed by atoms with E-state index < -0.39 is 0 Å². The molecule has 4 heteroatoms. The fourth-order valence-electron chi connectivity index (χ4n) is 3.30. The molecule has 0 saturated carbocycles. The lowest BCUT2D eigenvalue weighted by atomic mass is 9.69. The lowest BCUT2D eigenvalue weighted by Gasteiger charge is -2.35. The van der Waals surface area contributed by atoms with Gasteiger partial charge in [-0.05, 0) is 32.9 Å². The highest BCUT2D eigenvalue weighted by Crippen LogP contribution is 2.47. The average Bonchev–Trinajstić information content (AvgIpc) is 2.41. The van der Waals surface area contributed by atoms with Gasteiger partial charge in [-0.3, -0.25) is 0 Å². The van der Waals surface area contributed by atoms with E-state index in [-0.39, 0.29) is 16.2 Å². The predicted molar refractivity (Wildman–Crippen MR) is 105 cm³/mol. The van der Waals surface area contributed by atoms with E-state index in [0.29, 0.717) is 11.1 Å². The minimum absolute atomic E-state index is 0.250. The van der Waals surface area contributed by atoms with Crippen molar-refractivity contribution in [3.63, 3.8) is 0 Å². The maximum atomic E-state index is 10.0. The van der Waals surface area contributed by atoms with Crippen molar-refractivity contribution in [2.24, 2.45) is 0 Å². The zero-order valence-corrected chi connectivity index (χ0v) is 18.0. The second-order valence-electron chi connectivity index (χ2n) is 9.43. The maximum Gasteiger partial charge on any atom is 0.0998 e. The van der Waals surface area contributed by atoms with E-state index in [0.717, 1.165) is 21.6 Å². The average molecular weight is 359 g/mol. The van der Waals surface area contributed by atoms with E-state index in [1.54, 1.807) is 7.11 Å². The summed E-state index contributed by atoms with van der Waals surface area (Å²) in [5, 5.41) is 20.0. The van der Waals surface area contributed by atoms with Gasteiger partial charge in [-0.15, -0.1) is 0 Å². The molecule has 0 aliphatic carbocycles. The van der Waals surface area contributed by atoms with E-state index in [4.69, 9.17) is 4.18 Å². The Morgan fingerprint density at radius 3 is 1.20 bits per heavy atom. The molecule has 0 aliphatic heterocycles. The fourth-order valence-corrected chi connectivity index (χ4v) is 4.45. The van der Waals surface area contributed by atoms with Crippen molar-refractivity contribution >= 4 is 12.0 Å². The molecule has 25 heavy (non-hydrogen) atoms. The quantitative estimate of drug-likeness (QED) is 0.611. The van der Waals surface area contributed by atoms with Crippen LogP contribution in [0.15, 0.2) is 4.90 Å². The van der Waals surface area contributed by atoms with Gasteiger partial charge in [0, 0.05) is 16.9 Å². The molecular formula is C21H30N2OS. The highest BCUT2D eigenvalue weighted by Gasteiger charge is 2.37. The van der Waals surface area contributed by atoms with Crippen molar-refractivity contribution in [2.75, 3.05) is 7.11 Å². The molecule has 0 saturated heterocycles. The monoisotopic (exact) mass is 358 g/mol. The van der Waals surface area contributed by atoms with E-state index in [1.807, 2.05) is 0 Å². The standard InChI is InChI=1S/C21H30N2OS/c1-19(2,3)15-13(11-22)16(20(4,5)6)18(25-24-10)17(14(15)12-23)21(7,8)9/h1-10H3. The lowest BCUT2D eigenvalue weighted by molar-refractivity contribution is 0.479. The fraction of sp³-hybridized carbons (Fsp3) is 0.619. The molecule has 1 rings (SSSR count). The SMILES string of the molecule is COSc1c(C(C)(C)C)c(C#N)c(C(C)(C)C)c(C#N)c1C(C)(C)C. The minimum atomic E-state index is -0.313. The van der Waals surface area contributed by atoms with Crippen LogP contribution in [0.25, 0.3) is 0 Å². The van der Waals surface area contributed by atoms with Crippen LogP contribution in [0.3, 0.4) is 0 Å². The number of nitrogens with zero attached hydrogens (tertiary/aromatic N) is 2. The van der Waals surface area contributed by atoms with Gasteiger partial charge in [-0.25, -0.2) is 0 Å². The number of hydrogen-bond acceptors (Lipinski definition) is 4. The largest absolute Gasteiger partial charge is 0.314 e. The van der Waals surface area contributed by atoms with Crippen molar-refractivity contribution < 1.29 is 4.18 Å². The van der Waals surface area contributed by atoms with Crippen LogP contribution in [0.2, 0.25) is 0 Å². The van der Waals surface area contributed by atoms with Crippen LogP contribution in [0.1, 0.15) is 90.1 Å². The predicted octanol–water partition coefficient (Wildman–Crippen LogP) is 5.98. The summed E-state index contributed by atoms with van der Waals surface area (Å²) in [5.74, 6) is 0. The summed E-state index contributed by atoms with van der Waals surface area (Å²) in [7, 11) is 1.62. The first-order chi connectivity index (χ1) is 11.2. The zero-order valence-electron chi connectivity index (χ0n) is 17.2. The summed E-state index contributed by atoms with van der Waals surface area (Å²) in [6.07, 6.45) is 0. The first-order valence-corrected chi connectivity index (χ1v) is 9.22. The molecule has 0 N–H and O–H groups in total. The van der Waals surface area contributed by atoms with Gasteiger partial charge in [-0.1, -0.05) is 62.3 Å². The van der Waals surface area contributed by atoms with Crippen LogP contribution < -0.4 is 0 Å². The highest BCUT2D eigenvalue weighted by molar-refractivity contribution is 7.94. The summed E-state index contributed by atoms with van der Waals surface area (Å²) in [5.41, 5.74) is 3.19. The second kappa shape index (κ2) is 7.02. The third-order valence-electron chi connectivity index (χ3n) is 4.09. The van der Waals surface area contributed by atoms with Crippen LogP contribution in [-0.4, -0.2) is 7.11 Å². The molecule has 0 bridgehead atoms. The van der Waals surface area contributed by atoms with Gasteiger partial charge in [0.15, 0.2) is 0 Å². The van der Waals surface area contributed by atoms with E-state index in [9.17, 15) is 10.5 Å². The Kier molecular flexibility index (Phi) is 6.05. The Balaban J connectivity index is 4.38. The first-order valence-electron chi connectivity index (χ1n) is 8.48. The highest BCUT2D eigenvalue weighted by atomic mass is 32.2. The number of nitriles is 2. The number of hydrogen-bond donors (Lipinski definition) is 0. The molecule has 3 nitrogen and oxygen atoms in total. The lowest BCUT2D eigenvalue weighted by Crippen LogP contribution is -2.28. The van der Waals surface area contributed by atoms with Crippen LogP contribution in [0.4, 0.5) is 0 Å². The van der Waals surface area contributed by atoms with Gasteiger partial charge < -0.3 is 4.18 Å². The molecule has 1 aromatic carbocycles. The summed E-state index contributed by atoms with van der Waals surface area (Å²) < 4.78 is 5.42. The van der Waals surface area contributed by atoms with Crippen molar-refractivity contribution in [2.45, 2.75) is 83.5 Å². The third-order valence-corrected chi connectivity index (χ3v) is 4.84. The van der Waals surface area contributed by atoms with Crippen molar-refractivity contribution in [1.29, 1.82) is 10.5 Å². The van der Waals surface area contributed by atoms with Gasteiger partial charge in [0.1, 0.15) is 0 Å². The Labute approximate surface area is 157 Å². The van der Waals surface area contributed by atoms with Crippen molar-refractivity contribution in [3.8, 4) is 12.1 Å². The molecule has 136 valence electrons. The first kappa shape index (κ1) is 21.6. The van der Waals surface area contributed by atoms with Crippen LogP contribution >= 0.6 is 12.0 Å². The van der Waals surface area contributed by atoms with E-state index >= 15 is 0 Å². The molecule has 0 unspecified atom stereocenters. The molecule has 0 radical (unpaired) electrons. The molecular weight excluding hydrogens is 328 g/mol. The third kappa shape index (κ3) is 4.20. The van der Waals surface area contributed by atoms with E-state index in [2.05, 4.69) is 74.5 Å². The Morgan fingerprint density at radius 1 is 0.680 bits per heavy atom. The zero-order chi connectivity index (χ0) is 19.8. The summed E-state index contributed by atoms with van der Waals surface area (Å²) >= 11 is 1.26. The van der Waals surface area contributed by atoms with Crippen LogP contribution in [0.5, 0.6) is 0 Å². The van der Waals surface area contributed by atoms with Gasteiger partial charge in [-0.2, -0.15) is 10.5 Å². The van der Waals surface area contributed by atoms with Gasteiger partial charge in [0.2, 0.25) is 0 Å². The number of benzene rings is 1. The molecule has 0 aromatic heterocycles. The van der Waals surface area contributed by atoms with Crippen LogP contribution in [-0.2, 0) is 20.4 Å². The van der Waals surface area contributed by atoms with Gasteiger partial charge >= 0.3 is 0 Å². The minimum Gasteiger partial charge on any atom is -0.314 e. The smallest absolute Gasteiger partial charge is 0.0998 e. The molecule has 1 aromatic rings. The second-order valence-corrected chi connectivity index (χ2v) is 10.3. The van der Waals surface area contributed by atoms with Gasteiger partial charge in [0.05, 0.1) is 30.4 Å². The molecule has 0 fully saturated rings. The number of rotatable bonds is 2. The molecule has 0 heterocycles. The van der Waals surface area contributed by atoms with Crippen LogP contribution in [0, 0.1) is 22.7 Å². The normalized spacial score (nSPS) is 12.6. The molecule has 0 amide bonds. The van der Waals surface area contributed by atoms with E-state index in [1.165, 1.54) is 12.0 Å².